The van der Waals surface area contributed by atoms with Crippen LogP contribution in [0.2, 0.25) is 0 Å². The number of hydrogen-bond donors (Lipinski definition) is 0. The van der Waals surface area contributed by atoms with Gasteiger partial charge in [0.25, 0.3) is 5.56 Å². The molecule has 2 aliphatic heterocycles. The van der Waals surface area contributed by atoms with Crippen LogP contribution in [0.15, 0.2) is 35.5 Å². The lowest BCUT2D eigenvalue weighted by molar-refractivity contribution is 0.152. The van der Waals surface area contributed by atoms with Crippen LogP contribution < -0.4 is 5.56 Å². The molecule has 24 heavy (non-hydrogen) atoms. The second-order valence-electron chi connectivity index (χ2n) is 6.83. The molecule has 0 bridgehead atoms. The maximum Gasteiger partial charge on any atom is 0.266 e. The molecule has 0 aliphatic carbocycles. The number of hydrogen-bond acceptors (Lipinski definition) is 5. The fraction of sp³-hybridized carbons (Fsp3) is 0.588. The predicted octanol–water partition coefficient (Wildman–Crippen LogP) is 0.608. The first-order valence-corrected chi connectivity index (χ1v) is 8.60. The highest BCUT2D eigenvalue weighted by molar-refractivity contribution is 4.96. The van der Waals surface area contributed by atoms with Crippen molar-refractivity contribution >= 4 is 0 Å². The minimum Gasteiger partial charge on any atom is -0.381 e. The van der Waals surface area contributed by atoms with Gasteiger partial charge in [-0.2, -0.15) is 5.10 Å². The van der Waals surface area contributed by atoms with Gasteiger partial charge in [0.2, 0.25) is 0 Å². The summed E-state index contributed by atoms with van der Waals surface area (Å²) in [5.41, 5.74) is -0.0386. The van der Waals surface area contributed by atoms with Gasteiger partial charge >= 0.3 is 0 Å². The van der Waals surface area contributed by atoms with Gasteiger partial charge < -0.3 is 9.30 Å². The van der Waals surface area contributed by atoms with E-state index in [0.717, 1.165) is 51.6 Å². The van der Waals surface area contributed by atoms with Gasteiger partial charge in [-0.25, -0.2) is 9.67 Å². The molecule has 128 valence electrons. The summed E-state index contributed by atoms with van der Waals surface area (Å²) in [6, 6.07) is 3.26. The van der Waals surface area contributed by atoms with E-state index in [9.17, 15) is 4.79 Å². The SMILES string of the molecule is O=c1cccnn1C[C@H]1CN(C[C@H]2CCOC2)Cc2nccn2C1. The highest BCUT2D eigenvalue weighted by atomic mass is 16.5. The first kappa shape index (κ1) is 15.5. The van der Waals surface area contributed by atoms with Gasteiger partial charge in [-0.15, -0.1) is 0 Å². The van der Waals surface area contributed by atoms with Crippen LogP contribution in [0.5, 0.6) is 0 Å². The molecule has 7 nitrogen and oxygen atoms in total. The third kappa shape index (κ3) is 3.42. The molecule has 0 N–H and O–H groups in total. The predicted molar refractivity (Wildman–Crippen MR) is 88.4 cm³/mol. The Bertz CT molecular complexity index is 734. The number of rotatable bonds is 4. The van der Waals surface area contributed by atoms with Gasteiger partial charge in [-0.05, 0) is 18.4 Å². The van der Waals surface area contributed by atoms with E-state index in [2.05, 4.69) is 19.5 Å². The van der Waals surface area contributed by atoms with Crippen LogP contribution in [0, 0.1) is 11.8 Å². The van der Waals surface area contributed by atoms with Crippen LogP contribution in [0.1, 0.15) is 12.2 Å². The van der Waals surface area contributed by atoms with Crippen LogP contribution >= 0.6 is 0 Å². The number of ether oxygens (including phenoxy) is 1. The van der Waals surface area contributed by atoms with E-state index in [0.29, 0.717) is 18.4 Å². The number of nitrogens with zero attached hydrogens (tertiary/aromatic N) is 5. The van der Waals surface area contributed by atoms with Crippen LogP contribution in [0.25, 0.3) is 0 Å². The lowest BCUT2D eigenvalue weighted by Crippen LogP contribution is -2.36. The zero-order chi connectivity index (χ0) is 16.4. The molecular weight excluding hydrogens is 306 g/mol. The smallest absolute Gasteiger partial charge is 0.266 e. The van der Waals surface area contributed by atoms with Crippen molar-refractivity contribution in [2.24, 2.45) is 11.8 Å². The quantitative estimate of drug-likeness (QED) is 0.822. The van der Waals surface area contributed by atoms with Crippen molar-refractivity contribution in [1.82, 2.24) is 24.2 Å². The maximum absolute atomic E-state index is 12.0. The van der Waals surface area contributed by atoms with E-state index >= 15 is 0 Å². The van der Waals surface area contributed by atoms with E-state index in [1.807, 2.05) is 12.4 Å². The van der Waals surface area contributed by atoms with Crippen LogP contribution in [0.4, 0.5) is 0 Å². The Kier molecular flexibility index (Phi) is 4.44. The van der Waals surface area contributed by atoms with Gasteiger partial charge in [0, 0.05) is 56.8 Å². The molecule has 0 spiro atoms. The van der Waals surface area contributed by atoms with Gasteiger partial charge in [-0.1, -0.05) is 0 Å². The minimum absolute atomic E-state index is 0.0386. The normalized spacial score (nSPS) is 24.7. The van der Waals surface area contributed by atoms with Crippen molar-refractivity contribution in [2.75, 3.05) is 26.3 Å². The summed E-state index contributed by atoms with van der Waals surface area (Å²) >= 11 is 0. The third-order valence-corrected chi connectivity index (χ3v) is 4.89. The van der Waals surface area contributed by atoms with Crippen molar-refractivity contribution < 1.29 is 4.74 Å². The molecule has 4 rings (SSSR count). The molecular formula is C17H23N5O2. The van der Waals surface area contributed by atoms with Gasteiger partial charge in [0.15, 0.2) is 0 Å². The molecule has 2 aromatic heterocycles. The first-order chi connectivity index (χ1) is 11.8. The highest BCUT2D eigenvalue weighted by Gasteiger charge is 2.26. The van der Waals surface area contributed by atoms with Crippen LogP contribution in [-0.2, 0) is 24.4 Å². The summed E-state index contributed by atoms with van der Waals surface area (Å²) < 4.78 is 9.30. The number of imidazole rings is 1. The highest BCUT2D eigenvalue weighted by Crippen LogP contribution is 2.20. The average molecular weight is 329 g/mol. The standard InChI is InChI=1S/C17H23N5O2/c23-17-2-1-4-19-22(17)11-15-9-20(8-14-3-7-24-13-14)12-16-18-5-6-21(16)10-15/h1-2,4-6,14-15H,3,7-13H2/t14-,15+/m1/s1. The molecule has 2 atom stereocenters. The Morgan fingerprint density at radius 2 is 2.17 bits per heavy atom. The van der Waals surface area contributed by atoms with Crippen LogP contribution in [0.3, 0.4) is 0 Å². The molecule has 0 amide bonds. The van der Waals surface area contributed by atoms with Gasteiger partial charge in [-0.3, -0.25) is 9.69 Å². The van der Waals surface area contributed by atoms with E-state index < -0.39 is 0 Å². The molecule has 0 aromatic carbocycles. The summed E-state index contributed by atoms with van der Waals surface area (Å²) in [5, 5.41) is 4.22. The maximum atomic E-state index is 12.0. The van der Waals surface area contributed by atoms with Gasteiger partial charge in [0.05, 0.1) is 19.7 Å². The number of aromatic nitrogens is 4. The van der Waals surface area contributed by atoms with Crippen LogP contribution in [-0.4, -0.2) is 50.5 Å². The Balaban J connectivity index is 1.52. The summed E-state index contributed by atoms with van der Waals surface area (Å²) in [6.07, 6.45) is 6.71. The molecule has 7 heteroatoms. The Morgan fingerprint density at radius 1 is 1.21 bits per heavy atom. The summed E-state index contributed by atoms with van der Waals surface area (Å²) in [6.45, 7) is 6.07. The van der Waals surface area contributed by atoms with Crippen molar-refractivity contribution in [3.63, 3.8) is 0 Å². The van der Waals surface area contributed by atoms with Crippen molar-refractivity contribution in [2.45, 2.75) is 26.1 Å². The average Bonchev–Trinajstić information content (AvgIpc) is 3.19. The Morgan fingerprint density at radius 3 is 3.00 bits per heavy atom. The van der Waals surface area contributed by atoms with Crippen molar-refractivity contribution in [1.29, 1.82) is 0 Å². The molecule has 0 unspecified atom stereocenters. The molecule has 1 saturated heterocycles. The zero-order valence-electron chi connectivity index (χ0n) is 13.8. The van der Waals surface area contributed by atoms with Gasteiger partial charge in [0.1, 0.15) is 5.82 Å². The van der Waals surface area contributed by atoms with E-state index in [1.54, 1.807) is 23.0 Å². The van der Waals surface area contributed by atoms with E-state index in [1.165, 1.54) is 0 Å². The first-order valence-electron chi connectivity index (χ1n) is 8.60. The largest absolute Gasteiger partial charge is 0.381 e. The fourth-order valence-electron chi connectivity index (χ4n) is 3.74. The molecule has 0 radical (unpaired) electrons. The number of fused-ring (bicyclic) bond motifs is 1. The monoisotopic (exact) mass is 329 g/mol. The lowest BCUT2D eigenvalue weighted by atomic mass is 10.1. The fourth-order valence-corrected chi connectivity index (χ4v) is 3.74. The van der Waals surface area contributed by atoms with E-state index in [-0.39, 0.29) is 5.56 Å². The summed E-state index contributed by atoms with van der Waals surface area (Å²) in [7, 11) is 0. The topological polar surface area (TPSA) is 65.2 Å². The molecule has 2 aliphatic rings. The Labute approximate surface area is 140 Å². The lowest BCUT2D eigenvalue weighted by Gasteiger charge is -2.26. The van der Waals surface area contributed by atoms with E-state index in [4.69, 9.17) is 4.74 Å². The van der Waals surface area contributed by atoms with Crippen molar-refractivity contribution in [3.8, 4) is 0 Å². The second-order valence-corrected chi connectivity index (χ2v) is 6.83. The second kappa shape index (κ2) is 6.86. The Hall–Kier alpha value is -1.99. The summed E-state index contributed by atoms with van der Waals surface area (Å²) in [4.78, 5) is 19.0. The third-order valence-electron chi connectivity index (χ3n) is 4.89. The summed E-state index contributed by atoms with van der Waals surface area (Å²) in [5.74, 6) is 2.03. The molecule has 2 aromatic rings. The minimum atomic E-state index is -0.0386. The molecule has 1 fully saturated rings. The van der Waals surface area contributed by atoms with Crippen molar-refractivity contribution in [3.05, 3.63) is 46.9 Å². The zero-order valence-corrected chi connectivity index (χ0v) is 13.8. The molecule has 0 saturated carbocycles. The molecule has 4 heterocycles.